The lowest BCUT2D eigenvalue weighted by Gasteiger charge is -2.17. The number of carbonyl (C=O) groups is 2. The maximum absolute atomic E-state index is 13.7. The molecule has 5 nitrogen and oxygen atoms in total. The fourth-order valence-corrected chi connectivity index (χ4v) is 3.90. The number of amides is 2. The molecule has 3 heterocycles. The summed E-state index contributed by atoms with van der Waals surface area (Å²) in [6.07, 6.45) is 9.77. The number of carbonyl (C=O) groups excluding carboxylic acids is 2. The highest BCUT2D eigenvalue weighted by Crippen LogP contribution is 2.26. The lowest BCUT2D eigenvalue weighted by atomic mass is 9.97. The quantitative estimate of drug-likeness (QED) is 0.781. The van der Waals surface area contributed by atoms with E-state index in [-0.39, 0.29) is 17.6 Å². The Labute approximate surface area is 175 Å². The van der Waals surface area contributed by atoms with Gasteiger partial charge in [-0.05, 0) is 78.3 Å². The van der Waals surface area contributed by atoms with Crippen LogP contribution in [-0.4, -0.2) is 34.8 Å². The van der Waals surface area contributed by atoms with Crippen LogP contribution in [0.4, 0.5) is 10.2 Å². The third kappa shape index (κ3) is 4.48. The Bertz CT molecular complexity index is 1060. The second-order valence-corrected chi connectivity index (χ2v) is 7.73. The molecule has 0 bridgehead atoms. The molecule has 6 heteroatoms. The van der Waals surface area contributed by atoms with Crippen LogP contribution in [0.3, 0.4) is 0 Å². The number of anilines is 1. The van der Waals surface area contributed by atoms with Crippen molar-refractivity contribution in [1.82, 2.24) is 9.88 Å². The normalized spacial score (nSPS) is 16.7. The minimum absolute atomic E-state index is 0.0181. The molecule has 2 amide bonds. The van der Waals surface area contributed by atoms with E-state index in [1.807, 2.05) is 19.1 Å². The van der Waals surface area contributed by atoms with Gasteiger partial charge in [0.2, 0.25) is 11.8 Å². The number of allylic oxidation sites excluding steroid dienone is 1. The maximum Gasteiger partial charge on any atom is 0.246 e. The topological polar surface area (TPSA) is 62.3 Å². The van der Waals surface area contributed by atoms with Crippen molar-refractivity contribution < 1.29 is 14.0 Å². The number of nitrogens with zero attached hydrogens (tertiary/aromatic N) is 2. The highest BCUT2D eigenvalue weighted by atomic mass is 19.1. The van der Waals surface area contributed by atoms with Gasteiger partial charge in [0.15, 0.2) is 0 Å². The largest absolute Gasteiger partial charge is 0.335 e. The smallest absolute Gasteiger partial charge is 0.246 e. The highest BCUT2D eigenvalue weighted by molar-refractivity contribution is 5.94. The minimum Gasteiger partial charge on any atom is -0.335 e. The lowest BCUT2D eigenvalue weighted by molar-refractivity contribution is -0.125. The van der Waals surface area contributed by atoms with Gasteiger partial charge in [0, 0.05) is 31.8 Å². The van der Waals surface area contributed by atoms with Gasteiger partial charge in [0.25, 0.3) is 0 Å². The fourth-order valence-electron chi connectivity index (χ4n) is 3.90. The second-order valence-electron chi connectivity index (χ2n) is 7.73. The molecule has 0 fully saturated rings. The highest BCUT2D eigenvalue weighted by Gasteiger charge is 2.17. The Morgan fingerprint density at radius 1 is 1.23 bits per heavy atom. The minimum atomic E-state index is -0.241. The van der Waals surface area contributed by atoms with Gasteiger partial charge >= 0.3 is 0 Å². The number of hydrogen-bond donors (Lipinski definition) is 1. The molecule has 0 saturated heterocycles. The average molecular weight is 405 g/mol. The summed E-state index contributed by atoms with van der Waals surface area (Å²) in [5.41, 5.74) is 4.87. The molecular weight excluding hydrogens is 381 g/mol. The van der Waals surface area contributed by atoms with Gasteiger partial charge in [-0.3, -0.25) is 9.59 Å². The van der Waals surface area contributed by atoms with Crippen molar-refractivity contribution >= 4 is 29.3 Å². The Kier molecular flexibility index (Phi) is 5.74. The number of benzene rings is 1. The molecule has 0 spiro atoms. The van der Waals surface area contributed by atoms with Crippen molar-refractivity contribution in [2.24, 2.45) is 0 Å². The Balaban J connectivity index is 1.44. The Morgan fingerprint density at radius 3 is 2.97 bits per heavy atom. The molecule has 4 rings (SSSR count). The molecule has 2 aliphatic heterocycles. The monoisotopic (exact) mass is 405 g/mol. The number of nitrogens with one attached hydrogen (secondary N) is 1. The molecule has 1 aromatic carbocycles. The number of rotatable bonds is 3. The number of hydrogen-bond acceptors (Lipinski definition) is 3. The van der Waals surface area contributed by atoms with Gasteiger partial charge in [-0.2, -0.15) is 0 Å². The summed E-state index contributed by atoms with van der Waals surface area (Å²) in [4.78, 5) is 30.2. The van der Waals surface area contributed by atoms with Gasteiger partial charge in [-0.15, -0.1) is 0 Å². The van der Waals surface area contributed by atoms with Crippen LogP contribution >= 0.6 is 0 Å². The van der Waals surface area contributed by atoms with E-state index in [4.69, 9.17) is 0 Å². The van der Waals surface area contributed by atoms with Crippen LogP contribution in [-0.2, 0) is 16.0 Å². The first-order valence-corrected chi connectivity index (χ1v) is 10.2. The van der Waals surface area contributed by atoms with Crippen molar-refractivity contribution in [2.45, 2.75) is 32.6 Å². The van der Waals surface area contributed by atoms with E-state index in [0.29, 0.717) is 31.7 Å². The van der Waals surface area contributed by atoms with E-state index in [1.54, 1.807) is 35.4 Å². The first-order valence-electron chi connectivity index (χ1n) is 10.2. The summed E-state index contributed by atoms with van der Waals surface area (Å²) in [5, 5.41) is 2.76. The van der Waals surface area contributed by atoms with Crippen molar-refractivity contribution in [3.63, 3.8) is 0 Å². The van der Waals surface area contributed by atoms with E-state index < -0.39 is 0 Å². The van der Waals surface area contributed by atoms with Crippen LogP contribution in [0, 0.1) is 12.7 Å². The van der Waals surface area contributed by atoms with Gasteiger partial charge in [0.05, 0.1) is 0 Å². The zero-order valence-corrected chi connectivity index (χ0v) is 17.0. The number of aromatic nitrogens is 1. The van der Waals surface area contributed by atoms with E-state index >= 15 is 0 Å². The molecule has 0 radical (unpaired) electrons. The molecule has 0 saturated carbocycles. The molecule has 2 aliphatic rings. The van der Waals surface area contributed by atoms with Gasteiger partial charge in [-0.25, -0.2) is 9.37 Å². The molecule has 30 heavy (non-hydrogen) atoms. The first-order chi connectivity index (χ1) is 14.5. The summed E-state index contributed by atoms with van der Waals surface area (Å²) in [7, 11) is 0. The summed E-state index contributed by atoms with van der Waals surface area (Å²) >= 11 is 0. The van der Waals surface area contributed by atoms with Crippen LogP contribution in [0.15, 0.2) is 42.6 Å². The zero-order valence-electron chi connectivity index (χ0n) is 17.0. The third-order valence-corrected chi connectivity index (χ3v) is 5.57. The van der Waals surface area contributed by atoms with Gasteiger partial charge < -0.3 is 10.2 Å². The number of halogens is 1. The number of fused-ring (bicyclic) bond motifs is 1. The molecule has 0 atom stereocenters. The first kappa shape index (κ1) is 20.0. The van der Waals surface area contributed by atoms with Gasteiger partial charge in [0.1, 0.15) is 11.6 Å². The van der Waals surface area contributed by atoms with Crippen LogP contribution in [0.25, 0.3) is 11.6 Å². The second kappa shape index (κ2) is 8.61. The van der Waals surface area contributed by atoms with Crippen molar-refractivity contribution in [3.05, 3.63) is 70.7 Å². The van der Waals surface area contributed by atoms with E-state index in [0.717, 1.165) is 40.7 Å². The standard InChI is InChI=1S/C24H24FN3O2/c1-16-4-7-20(25)14-21(16)18-3-2-11-28(12-10-18)23(30)9-5-17-13-19-6-8-22(29)27-24(19)26-15-17/h4-5,7,9-10,13-15H,2-3,6,8,11-12H2,1H3,(H,26,27,29). The third-order valence-electron chi connectivity index (χ3n) is 5.57. The molecule has 1 N–H and O–H groups in total. The lowest BCUT2D eigenvalue weighted by Crippen LogP contribution is -2.29. The van der Waals surface area contributed by atoms with Crippen molar-refractivity contribution in [1.29, 1.82) is 0 Å². The van der Waals surface area contributed by atoms with E-state index in [9.17, 15) is 14.0 Å². The summed E-state index contributed by atoms with van der Waals surface area (Å²) < 4.78 is 13.7. The summed E-state index contributed by atoms with van der Waals surface area (Å²) in [5.74, 6) is 0.285. The predicted octanol–water partition coefficient (Wildman–Crippen LogP) is 4.13. The van der Waals surface area contributed by atoms with Gasteiger partial charge in [-0.1, -0.05) is 12.1 Å². The molecule has 1 aromatic heterocycles. The predicted molar refractivity (Wildman–Crippen MR) is 115 cm³/mol. The van der Waals surface area contributed by atoms with Crippen LogP contribution in [0.5, 0.6) is 0 Å². The van der Waals surface area contributed by atoms with Crippen LogP contribution < -0.4 is 5.32 Å². The van der Waals surface area contributed by atoms with E-state index in [1.165, 1.54) is 6.07 Å². The Hall–Kier alpha value is -3.28. The fraction of sp³-hybridized carbons (Fsp3) is 0.292. The van der Waals surface area contributed by atoms with Crippen molar-refractivity contribution in [3.8, 4) is 0 Å². The maximum atomic E-state index is 13.7. The molecule has 154 valence electrons. The van der Waals surface area contributed by atoms with E-state index in [2.05, 4.69) is 10.3 Å². The van der Waals surface area contributed by atoms with Crippen LogP contribution in [0.1, 0.15) is 41.5 Å². The van der Waals surface area contributed by atoms with Crippen molar-refractivity contribution in [2.75, 3.05) is 18.4 Å². The number of aryl methyl sites for hydroxylation is 2. The Morgan fingerprint density at radius 2 is 2.10 bits per heavy atom. The SMILES string of the molecule is Cc1ccc(F)cc1C1=CCN(C(=O)C=Cc2cnc3c(c2)CCC(=O)N3)CCC1. The summed E-state index contributed by atoms with van der Waals surface area (Å²) in [6, 6.07) is 6.79. The summed E-state index contributed by atoms with van der Waals surface area (Å²) in [6.45, 7) is 3.14. The zero-order chi connectivity index (χ0) is 21.1. The van der Waals surface area contributed by atoms with Crippen LogP contribution in [0.2, 0.25) is 0 Å². The molecule has 0 aliphatic carbocycles. The average Bonchev–Trinajstić information content (AvgIpc) is 3.00. The molecule has 2 aromatic rings. The number of pyridine rings is 1. The molecular formula is C24H24FN3O2. The molecule has 0 unspecified atom stereocenters.